The van der Waals surface area contributed by atoms with E-state index in [1.54, 1.807) is 11.3 Å². The van der Waals surface area contributed by atoms with Crippen molar-refractivity contribution in [2.45, 2.75) is 31.7 Å². The zero-order valence-corrected chi connectivity index (χ0v) is 13.7. The van der Waals surface area contributed by atoms with E-state index in [2.05, 4.69) is 43.2 Å². The number of thiophene rings is 1. The SMILES string of the molecule is NCC(NCCCC1CC1)c1cc(Br)c(Br)s1. The maximum atomic E-state index is 5.83. The smallest absolute Gasteiger partial charge is 0.0843 e. The number of nitrogens with one attached hydrogen (secondary N) is 1. The standard InChI is InChI=1S/C12H18Br2N2S/c13-9-6-11(17-12(9)14)10(7-15)16-5-1-2-8-3-4-8/h6,8,10,16H,1-5,7,15H2. The monoisotopic (exact) mass is 380 g/mol. The first-order valence-corrected chi connectivity index (χ1v) is 8.49. The molecule has 1 aromatic rings. The van der Waals surface area contributed by atoms with Crippen molar-refractivity contribution < 1.29 is 0 Å². The molecular weight excluding hydrogens is 364 g/mol. The number of nitrogens with two attached hydrogens (primary N) is 1. The Morgan fingerprint density at radius 3 is 2.76 bits per heavy atom. The van der Waals surface area contributed by atoms with Crippen LogP contribution in [0, 0.1) is 5.92 Å². The zero-order valence-electron chi connectivity index (χ0n) is 9.72. The normalized spacial score (nSPS) is 17.4. The van der Waals surface area contributed by atoms with Crippen molar-refractivity contribution in [3.8, 4) is 0 Å². The fraction of sp³-hybridized carbons (Fsp3) is 0.667. The fourth-order valence-corrected chi connectivity index (χ4v) is 4.09. The highest BCUT2D eigenvalue weighted by Crippen LogP contribution is 2.35. The lowest BCUT2D eigenvalue weighted by atomic mass is 10.2. The molecule has 1 aromatic heterocycles. The summed E-state index contributed by atoms with van der Waals surface area (Å²) >= 11 is 8.79. The molecule has 0 spiro atoms. The van der Waals surface area contributed by atoms with Gasteiger partial charge in [0.25, 0.3) is 0 Å². The van der Waals surface area contributed by atoms with Crippen LogP contribution in [0.5, 0.6) is 0 Å². The van der Waals surface area contributed by atoms with E-state index in [4.69, 9.17) is 5.73 Å². The summed E-state index contributed by atoms with van der Waals surface area (Å²) < 4.78 is 2.27. The molecule has 1 fully saturated rings. The molecule has 17 heavy (non-hydrogen) atoms. The lowest BCUT2D eigenvalue weighted by molar-refractivity contribution is 0.517. The summed E-state index contributed by atoms with van der Waals surface area (Å²) in [4.78, 5) is 1.30. The Kier molecular flexibility index (Phi) is 5.49. The molecule has 96 valence electrons. The van der Waals surface area contributed by atoms with Crippen molar-refractivity contribution in [3.63, 3.8) is 0 Å². The maximum absolute atomic E-state index is 5.83. The predicted molar refractivity (Wildman–Crippen MR) is 81.5 cm³/mol. The Morgan fingerprint density at radius 1 is 1.47 bits per heavy atom. The quantitative estimate of drug-likeness (QED) is 0.699. The maximum Gasteiger partial charge on any atom is 0.0843 e. The van der Waals surface area contributed by atoms with Crippen LogP contribution in [0.15, 0.2) is 14.3 Å². The van der Waals surface area contributed by atoms with Gasteiger partial charge in [-0.1, -0.05) is 12.8 Å². The van der Waals surface area contributed by atoms with Gasteiger partial charge >= 0.3 is 0 Å². The minimum Gasteiger partial charge on any atom is -0.329 e. The predicted octanol–water partition coefficient (Wildman–Crippen LogP) is 4.05. The van der Waals surface area contributed by atoms with E-state index in [0.717, 1.165) is 20.7 Å². The molecule has 1 atom stereocenters. The average molecular weight is 382 g/mol. The Labute approximate surface area is 124 Å². The van der Waals surface area contributed by atoms with Gasteiger partial charge in [-0.05, 0) is 63.2 Å². The first-order valence-electron chi connectivity index (χ1n) is 6.09. The molecule has 0 aliphatic heterocycles. The van der Waals surface area contributed by atoms with E-state index < -0.39 is 0 Å². The minimum atomic E-state index is 0.293. The van der Waals surface area contributed by atoms with Crippen molar-refractivity contribution in [1.29, 1.82) is 0 Å². The fourth-order valence-electron chi connectivity index (χ4n) is 1.91. The second-order valence-electron chi connectivity index (χ2n) is 4.60. The van der Waals surface area contributed by atoms with E-state index in [9.17, 15) is 0 Å². The lowest BCUT2D eigenvalue weighted by Crippen LogP contribution is -2.28. The highest BCUT2D eigenvalue weighted by molar-refractivity contribution is 9.13. The van der Waals surface area contributed by atoms with Crippen LogP contribution in [-0.4, -0.2) is 13.1 Å². The van der Waals surface area contributed by atoms with Gasteiger partial charge in [0.15, 0.2) is 0 Å². The van der Waals surface area contributed by atoms with Crippen molar-refractivity contribution in [2.75, 3.05) is 13.1 Å². The highest BCUT2D eigenvalue weighted by atomic mass is 79.9. The van der Waals surface area contributed by atoms with Gasteiger partial charge in [-0.2, -0.15) is 0 Å². The van der Waals surface area contributed by atoms with Gasteiger partial charge in [0, 0.05) is 15.9 Å². The molecule has 2 rings (SSSR count). The second-order valence-corrected chi connectivity index (χ2v) is 7.85. The molecule has 0 bridgehead atoms. The number of hydrogen-bond acceptors (Lipinski definition) is 3. The first kappa shape index (κ1) is 14.0. The van der Waals surface area contributed by atoms with E-state index in [1.807, 2.05) is 0 Å². The molecule has 0 aromatic carbocycles. The zero-order chi connectivity index (χ0) is 12.3. The van der Waals surface area contributed by atoms with Gasteiger partial charge in [-0.15, -0.1) is 11.3 Å². The molecule has 0 saturated heterocycles. The summed E-state index contributed by atoms with van der Waals surface area (Å²) in [6.45, 7) is 1.73. The molecule has 1 saturated carbocycles. The Hall–Kier alpha value is 0.580. The number of hydrogen-bond donors (Lipinski definition) is 2. The van der Waals surface area contributed by atoms with Gasteiger partial charge in [-0.25, -0.2) is 0 Å². The van der Waals surface area contributed by atoms with E-state index in [1.165, 1.54) is 30.6 Å². The van der Waals surface area contributed by atoms with Gasteiger partial charge in [-0.3, -0.25) is 0 Å². The third-order valence-corrected chi connectivity index (χ3v) is 6.49. The third kappa shape index (κ3) is 4.31. The Balaban J connectivity index is 1.78. The van der Waals surface area contributed by atoms with E-state index in [0.29, 0.717) is 12.6 Å². The second kappa shape index (κ2) is 6.66. The summed E-state index contributed by atoms with van der Waals surface area (Å²) in [7, 11) is 0. The molecular formula is C12H18Br2N2S. The first-order chi connectivity index (χ1) is 8.20. The summed E-state index contributed by atoms with van der Waals surface area (Å²) in [5.74, 6) is 1.03. The molecule has 1 unspecified atom stereocenters. The van der Waals surface area contributed by atoms with Crippen molar-refractivity contribution >= 4 is 43.2 Å². The number of rotatable bonds is 7. The number of halogens is 2. The van der Waals surface area contributed by atoms with Crippen LogP contribution in [0.3, 0.4) is 0 Å². The molecule has 0 radical (unpaired) electrons. The molecule has 1 heterocycles. The molecule has 5 heteroatoms. The van der Waals surface area contributed by atoms with Gasteiger partial charge < -0.3 is 11.1 Å². The molecule has 1 aliphatic rings. The summed E-state index contributed by atoms with van der Waals surface area (Å²) in [5.41, 5.74) is 5.83. The third-order valence-electron chi connectivity index (χ3n) is 3.12. The molecule has 2 nitrogen and oxygen atoms in total. The lowest BCUT2D eigenvalue weighted by Gasteiger charge is -2.14. The van der Waals surface area contributed by atoms with Crippen molar-refractivity contribution in [1.82, 2.24) is 5.32 Å². The molecule has 3 N–H and O–H groups in total. The van der Waals surface area contributed by atoms with Crippen LogP contribution in [0.25, 0.3) is 0 Å². The molecule has 0 amide bonds. The van der Waals surface area contributed by atoms with Crippen LogP contribution < -0.4 is 11.1 Å². The van der Waals surface area contributed by atoms with Gasteiger partial charge in [0.2, 0.25) is 0 Å². The largest absolute Gasteiger partial charge is 0.329 e. The van der Waals surface area contributed by atoms with Crippen LogP contribution in [-0.2, 0) is 0 Å². The Morgan fingerprint density at radius 2 is 2.24 bits per heavy atom. The van der Waals surface area contributed by atoms with Crippen molar-refractivity contribution in [2.24, 2.45) is 11.7 Å². The average Bonchev–Trinajstić information content (AvgIpc) is 3.06. The van der Waals surface area contributed by atoms with Crippen LogP contribution in [0.4, 0.5) is 0 Å². The van der Waals surface area contributed by atoms with Crippen LogP contribution in [0.1, 0.15) is 36.6 Å². The summed E-state index contributed by atoms with van der Waals surface area (Å²) in [6, 6.07) is 2.45. The van der Waals surface area contributed by atoms with Gasteiger partial charge in [0.1, 0.15) is 0 Å². The topological polar surface area (TPSA) is 38.0 Å². The minimum absolute atomic E-state index is 0.293. The van der Waals surface area contributed by atoms with E-state index >= 15 is 0 Å². The van der Waals surface area contributed by atoms with Crippen LogP contribution in [0.2, 0.25) is 0 Å². The molecule has 1 aliphatic carbocycles. The van der Waals surface area contributed by atoms with E-state index in [-0.39, 0.29) is 0 Å². The summed E-state index contributed by atoms with van der Waals surface area (Å²) in [6.07, 6.45) is 5.55. The van der Waals surface area contributed by atoms with Crippen LogP contribution >= 0.6 is 43.2 Å². The van der Waals surface area contributed by atoms with Gasteiger partial charge in [0.05, 0.1) is 9.83 Å². The Bertz CT molecular complexity index is 344. The van der Waals surface area contributed by atoms with Crippen molar-refractivity contribution in [3.05, 3.63) is 19.2 Å². The summed E-state index contributed by atoms with van der Waals surface area (Å²) in [5, 5.41) is 3.55. The highest BCUT2D eigenvalue weighted by Gasteiger charge is 2.20.